The zero-order valence-corrected chi connectivity index (χ0v) is 15.9. The van der Waals surface area contributed by atoms with Crippen molar-refractivity contribution in [2.75, 3.05) is 25.6 Å². The van der Waals surface area contributed by atoms with Gasteiger partial charge in [-0.2, -0.15) is 0 Å². The first-order chi connectivity index (χ1) is 12.7. The minimum absolute atomic E-state index is 0.0647. The van der Waals surface area contributed by atoms with Gasteiger partial charge in [-0.25, -0.2) is 8.42 Å². The zero-order valence-electron chi connectivity index (χ0n) is 15.1. The van der Waals surface area contributed by atoms with E-state index >= 15 is 0 Å². The van der Waals surface area contributed by atoms with Gasteiger partial charge in [0.1, 0.15) is 15.4 Å². The number of hydrogen-bond donors (Lipinski definition) is 2. The lowest BCUT2D eigenvalue weighted by molar-refractivity contribution is 0.0955. The van der Waals surface area contributed by atoms with Crippen molar-refractivity contribution in [3.63, 3.8) is 0 Å². The van der Waals surface area contributed by atoms with Crippen LogP contribution in [0.4, 0.5) is 0 Å². The smallest absolute Gasteiger partial charge is 0.263 e. The molecule has 0 aliphatic rings. The second-order valence-corrected chi connectivity index (χ2v) is 8.29. The molecule has 1 aromatic heterocycles. The molecule has 0 bridgehead atoms. The van der Waals surface area contributed by atoms with E-state index < -0.39 is 27.2 Å². The highest BCUT2D eigenvalue weighted by Gasteiger charge is 2.17. The molecule has 0 aliphatic carbocycles. The Hall–Kier alpha value is -2.94. The van der Waals surface area contributed by atoms with Gasteiger partial charge in [0.15, 0.2) is 0 Å². The number of pyridine rings is 1. The Bertz CT molecular complexity index is 997. The average Bonchev–Trinajstić information content (AvgIpc) is 2.62. The molecule has 27 heavy (non-hydrogen) atoms. The van der Waals surface area contributed by atoms with Gasteiger partial charge >= 0.3 is 0 Å². The van der Waals surface area contributed by atoms with Crippen molar-refractivity contribution < 1.29 is 18.0 Å². The highest BCUT2D eigenvalue weighted by molar-refractivity contribution is 7.90. The molecule has 0 aliphatic heterocycles. The molecule has 2 rings (SSSR count). The van der Waals surface area contributed by atoms with Crippen molar-refractivity contribution in [1.82, 2.24) is 15.2 Å². The predicted molar refractivity (Wildman–Crippen MR) is 102 cm³/mol. The van der Waals surface area contributed by atoms with Crippen molar-refractivity contribution in [1.29, 1.82) is 0 Å². The predicted octanol–water partition coefficient (Wildman–Crippen LogP) is 0.0306. The maximum absolute atomic E-state index is 12.6. The van der Waals surface area contributed by atoms with Gasteiger partial charge in [-0.05, 0) is 11.6 Å². The van der Waals surface area contributed by atoms with E-state index in [1.807, 2.05) is 30.3 Å². The molecule has 0 atom stereocenters. The number of amides is 2. The Morgan fingerprint density at radius 3 is 2.37 bits per heavy atom. The third-order valence-corrected chi connectivity index (χ3v) is 4.72. The minimum Gasteiger partial charge on any atom is -0.355 e. The largest absolute Gasteiger partial charge is 0.355 e. The molecule has 2 amide bonds. The number of sulfone groups is 1. The second-order valence-electron chi connectivity index (χ2n) is 6.03. The molecule has 0 saturated heterocycles. The summed E-state index contributed by atoms with van der Waals surface area (Å²) in [6.45, 7) is 0.124. The Kier molecular flexibility index (Phi) is 6.51. The van der Waals surface area contributed by atoms with Crippen LogP contribution in [0.25, 0.3) is 0 Å². The van der Waals surface area contributed by atoms with Crippen LogP contribution >= 0.6 is 0 Å². The van der Waals surface area contributed by atoms with Crippen molar-refractivity contribution in [2.45, 2.75) is 6.54 Å². The quantitative estimate of drug-likeness (QED) is 0.691. The van der Waals surface area contributed by atoms with Crippen LogP contribution in [0, 0.1) is 0 Å². The Morgan fingerprint density at radius 2 is 1.78 bits per heavy atom. The van der Waals surface area contributed by atoms with E-state index in [9.17, 15) is 22.8 Å². The first kappa shape index (κ1) is 20.4. The molecule has 0 fully saturated rings. The molecular weight excluding hydrogens is 370 g/mol. The summed E-state index contributed by atoms with van der Waals surface area (Å²) >= 11 is 0. The summed E-state index contributed by atoms with van der Waals surface area (Å²) in [6.07, 6.45) is 2.43. The number of nitrogens with zero attached hydrogens (tertiary/aromatic N) is 1. The summed E-state index contributed by atoms with van der Waals surface area (Å²) in [5, 5.41) is 4.86. The number of carbonyl (C=O) groups excluding carboxylic acids is 2. The van der Waals surface area contributed by atoms with Crippen LogP contribution in [0.3, 0.4) is 0 Å². The Labute approximate surface area is 157 Å². The maximum Gasteiger partial charge on any atom is 0.263 e. The molecule has 0 saturated carbocycles. The summed E-state index contributed by atoms with van der Waals surface area (Å²) in [6, 6.07) is 10.3. The molecule has 1 heterocycles. The molecule has 2 aromatic rings. The number of benzene rings is 1. The first-order valence-electron chi connectivity index (χ1n) is 8.17. The van der Waals surface area contributed by atoms with Crippen LogP contribution in [-0.4, -0.2) is 50.4 Å². The fourth-order valence-electron chi connectivity index (χ4n) is 2.41. The summed E-state index contributed by atoms with van der Waals surface area (Å²) in [7, 11) is -1.83. The number of carbonyl (C=O) groups is 2. The van der Waals surface area contributed by atoms with Crippen LogP contribution in [0.15, 0.2) is 47.4 Å². The van der Waals surface area contributed by atoms with Gasteiger partial charge < -0.3 is 15.2 Å². The summed E-state index contributed by atoms with van der Waals surface area (Å²) in [5.41, 5.74) is 0.241. The van der Waals surface area contributed by atoms with Crippen LogP contribution in [0.5, 0.6) is 0 Å². The monoisotopic (exact) mass is 391 g/mol. The van der Waals surface area contributed by atoms with Gasteiger partial charge in [-0.15, -0.1) is 0 Å². The van der Waals surface area contributed by atoms with E-state index in [1.54, 1.807) is 0 Å². The maximum atomic E-state index is 12.6. The summed E-state index contributed by atoms with van der Waals surface area (Å²) < 4.78 is 23.7. The van der Waals surface area contributed by atoms with E-state index in [4.69, 9.17) is 0 Å². The first-order valence-corrected chi connectivity index (χ1v) is 10.2. The molecule has 1 aromatic carbocycles. The van der Waals surface area contributed by atoms with Crippen LogP contribution in [0.1, 0.15) is 26.3 Å². The van der Waals surface area contributed by atoms with Gasteiger partial charge in [0.2, 0.25) is 0 Å². The Morgan fingerprint density at radius 1 is 1.11 bits per heavy atom. The topological polar surface area (TPSA) is 114 Å². The third kappa shape index (κ3) is 5.78. The van der Waals surface area contributed by atoms with Crippen LogP contribution in [-0.2, 0) is 16.4 Å². The van der Waals surface area contributed by atoms with Crippen LogP contribution in [0.2, 0.25) is 0 Å². The van der Waals surface area contributed by atoms with Crippen molar-refractivity contribution in [2.24, 2.45) is 0 Å². The third-order valence-electron chi connectivity index (χ3n) is 3.77. The number of rotatable bonds is 7. The lowest BCUT2D eigenvalue weighted by Gasteiger charge is -2.12. The van der Waals surface area contributed by atoms with Crippen molar-refractivity contribution >= 4 is 21.7 Å². The fraction of sp³-hybridized carbons (Fsp3) is 0.278. The molecule has 0 radical (unpaired) electrons. The SMILES string of the molecule is CNC(=O)c1cc(C(=O)NCCS(C)(=O)=O)cn(Cc2ccccc2)c1=O. The summed E-state index contributed by atoms with van der Waals surface area (Å²) in [5.74, 6) is -1.37. The molecular formula is C18H21N3O5S. The van der Waals surface area contributed by atoms with E-state index in [0.29, 0.717) is 0 Å². The normalized spacial score (nSPS) is 11.0. The fourth-order valence-corrected chi connectivity index (χ4v) is 2.88. The van der Waals surface area contributed by atoms with E-state index in [0.717, 1.165) is 11.8 Å². The van der Waals surface area contributed by atoms with E-state index in [-0.39, 0.29) is 30.0 Å². The van der Waals surface area contributed by atoms with Crippen molar-refractivity contribution in [3.05, 3.63) is 69.6 Å². The minimum atomic E-state index is -3.22. The highest BCUT2D eigenvalue weighted by Crippen LogP contribution is 2.06. The second kappa shape index (κ2) is 8.63. The van der Waals surface area contributed by atoms with Gasteiger partial charge in [0.25, 0.3) is 17.4 Å². The van der Waals surface area contributed by atoms with Gasteiger partial charge in [0.05, 0.1) is 17.9 Å². The lowest BCUT2D eigenvalue weighted by Crippen LogP contribution is -2.34. The molecule has 9 heteroatoms. The lowest BCUT2D eigenvalue weighted by atomic mass is 10.1. The van der Waals surface area contributed by atoms with Gasteiger partial charge in [-0.1, -0.05) is 30.3 Å². The molecule has 2 N–H and O–H groups in total. The molecule has 8 nitrogen and oxygen atoms in total. The number of hydrogen-bond acceptors (Lipinski definition) is 5. The number of aromatic nitrogens is 1. The van der Waals surface area contributed by atoms with E-state index in [1.165, 1.54) is 23.9 Å². The summed E-state index contributed by atoms with van der Waals surface area (Å²) in [4.78, 5) is 37.0. The van der Waals surface area contributed by atoms with E-state index in [2.05, 4.69) is 10.6 Å². The Balaban J connectivity index is 2.36. The number of nitrogens with one attached hydrogen (secondary N) is 2. The van der Waals surface area contributed by atoms with Crippen LogP contribution < -0.4 is 16.2 Å². The molecule has 144 valence electrons. The molecule has 0 unspecified atom stereocenters. The molecule has 0 spiro atoms. The van der Waals surface area contributed by atoms with Crippen molar-refractivity contribution in [3.8, 4) is 0 Å². The average molecular weight is 391 g/mol. The van der Waals surface area contributed by atoms with Gasteiger partial charge in [0, 0.05) is 26.0 Å². The standard InChI is InChI=1S/C18H21N3O5S/c1-19-17(23)15-10-14(16(22)20-8-9-27(2,25)26)12-21(18(15)24)11-13-6-4-3-5-7-13/h3-7,10,12H,8-9,11H2,1-2H3,(H,19,23)(H,20,22). The highest BCUT2D eigenvalue weighted by atomic mass is 32.2. The zero-order chi connectivity index (χ0) is 20.0. The van der Waals surface area contributed by atoms with Gasteiger partial charge in [-0.3, -0.25) is 14.4 Å².